The van der Waals surface area contributed by atoms with Crippen LogP contribution in [0.25, 0.3) is 0 Å². The van der Waals surface area contributed by atoms with Crippen LogP contribution in [0.4, 0.5) is 37.7 Å². The first-order valence-corrected chi connectivity index (χ1v) is 8.31. The van der Waals surface area contributed by atoms with Gasteiger partial charge >= 0.3 is 18.3 Å². The minimum absolute atomic E-state index is 0.186. The fraction of sp³-hybridized carbons (Fsp3) is 0.143. The molecule has 13 heteroatoms. The van der Waals surface area contributed by atoms with E-state index in [0.717, 1.165) is 29.1 Å². The van der Waals surface area contributed by atoms with Gasteiger partial charge in [-0.15, -0.1) is 0 Å². The fourth-order valence-corrected chi connectivity index (χ4v) is 2.94. The largest absolute Gasteiger partial charge is 0.472 e. The highest BCUT2D eigenvalue weighted by Gasteiger charge is 2.41. The maximum absolute atomic E-state index is 12.7. The van der Waals surface area contributed by atoms with Gasteiger partial charge in [0.1, 0.15) is 4.90 Å². The molecule has 0 atom stereocenters. The smallest absolute Gasteiger partial charge is 0.354 e. The van der Waals surface area contributed by atoms with Gasteiger partial charge in [0.2, 0.25) is 0 Å². The van der Waals surface area contributed by atoms with Crippen molar-refractivity contribution in [2.45, 2.75) is 17.2 Å². The Morgan fingerprint density at radius 1 is 1.04 bits per heavy atom. The van der Waals surface area contributed by atoms with Crippen LogP contribution >= 0.6 is 0 Å². The van der Waals surface area contributed by atoms with Crippen LogP contribution in [0.5, 0.6) is 0 Å². The van der Waals surface area contributed by atoms with Crippen molar-refractivity contribution in [1.29, 1.82) is 0 Å². The third-order valence-electron chi connectivity index (χ3n) is 3.03. The van der Waals surface area contributed by atoms with Crippen LogP contribution in [0.3, 0.4) is 0 Å². The molecule has 146 valence electrons. The van der Waals surface area contributed by atoms with E-state index < -0.39 is 38.7 Å². The molecule has 1 heterocycles. The van der Waals surface area contributed by atoms with Gasteiger partial charge < -0.3 is 5.32 Å². The summed E-state index contributed by atoms with van der Waals surface area (Å²) in [7, 11) is -5.00. The number of nitrogens with one attached hydrogen (secondary N) is 2. The number of rotatable bonds is 4. The Bertz CT molecular complexity index is 957. The number of anilines is 2. The van der Waals surface area contributed by atoms with Gasteiger partial charge in [-0.2, -0.15) is 26.3 Å². The Hall–Kier alpha value is -2.83. The number of pyridine rings is 1. The first-order valence-electron chi connectivity index (χ1n) is 6.83. The molecular formula is C14H9F6N3O3S. The van der Waals surface area contributed by atoms with E-state index in [-0.39, 0.29) is 11.4 Å². The maximum Gasteiger partial charge on any atom is 0.472 e. The number of sulfonamides is 1. The molecule has 2 aromatic rings. The summed E-state index contributed by atoms with van der Waals surface area (Å²) < 4.78 is 100.0. The zero-order chi connectivity index (χ0) is 20.5. The number of aromatic nitrogens is 1. The minimum atomic E-state index is -5.45. The van der Waals surface area contributed by atoms with Gasteiger partial charge in [-0.3, -0.25) is 9.78 Å². The number of hydrogen-bond acceptors (Lipinski definition) is 5. The van der Waals surface area contributed by atoms with Crippen molar-refractivity contribution in [3.05, 3.63) is 48.3 Å². The normalized spacial score (nSPS) is 12.5. The molecule has 0 unspecified atom stereocenters. The molecule has 0 saturated heterocycles. The first kappa shape index (κ1) is 20.5. The number of amides is 1. The molecule has 0 aliphatic rings. The predicted octanol–water partition coefficient (Wildman–Crippen LogP) is 3.21. The molecule has 1 aromatic carbocycles. The molecule has 1 amide bonds. The maximum atomic E-state index is 12.7. The van der Waals surface area contributed by atoms with Gasteiger partial charge in [-0.25, -0.2) is 13.1 Å². The second-order valence-electron chi connectivity index (χ2n) is 5.01. The lowest BCUT2D eigenvalue weighted by Crippen LogP contribution is -2.40. The van der Waals surface area contributed by atoms with E-state index in [1.54, 1.807) is 0 Å². The highest BCUT2D eigenvalue weighted by Crippen LogP contribution is 2.32. The van der Waals surface area contributed by atoms with Crippen molar-refractivity contribution in [2.75, 3.05) is 5.32 Å². The van der Waals surface area contributed by atoms with Gasteiger partial charge in [-0.05, 0) is 24.3 Å². The van der Waals surface area contributed by atoms with E-state index in [4.69, 9.17) is 0 Å². The van der Waals surface area contributed by atoms with Crippen LogP contribution in [-0.2, 0) is 21.0 Å². The van der Waals surface area contributed by atoms with E-state index in [1.165, 1.54) is 6.07 Å². The van der Waals surface area contributed by atoms with Crippen LogP contribution in [0.15, 0.2) is 47.6 Å². The Balaban J connectivity index is 2.38. The summed E-state index contributed by atoms with van der Waals surface area (Å²) in [4.78, 5) is 13.5. The molecular weight excluding hydrogens is 404 g/mol. The van der Waals surface area contributed by atoms with Crippen molar-refractivity contribution < 1.29 is 39.6 Å². The molecule has 0 fully saturated rings. The molecule has 0 saturated carbocycles. The molecule has 2 N–H and O–H groups in total. The van der Waals surface area contributed by atoms with E-state index in [1.807, 2.05) is 0 Å². The van der Waals surface area contributed by atoms with Crippen LogP contribution < -0.4 is 10.0 Å². The standard InChI is InChI=1S/C14H9F6N3O3S/c15-13(16,17)8-2-1-3-9(6-8)22-10-4-5-21-7-11(10)27(25,26)23-12(24)14(18,19)20/h1-7H,(H,21,22)(H,23,24). The number of carbonyl (C=O) groups is 1. The monoisotopic (exact) mass is 413 g/mol. The minimum Gasteiger partial charge on any atom is -0.354 e. The summed E-state index contributed by atoms with van der Waals surface area (Å²) in [6.07, 6.45) is -8.42. The lowest BCUT2D eigenvalue weighted by molar-refractivity contribution is -0.171. The van der Waals surface area contributed by atoms with Crippen molar-refractivity contribution in [1.82, 2.24) is 9.71 Å². The number of carbonyl (C=O) groups excluding carboxylic acids is 1. The number of nitrogens with zero attached hydrogens (tertiary/aromatic N) is 1. The molecule has 1 aromatic heterocycles. The summed E-state index contributed by atoms with van der Waals surface area (Å²) in [5.74, 6) is -2.73. The summed E-state index contributed by atoms with van der Waals surface area (Å²) in [6.45, 7) is 0. The zero-order valence-electron chi connectivity index (χ0n) is 12.9. The Morgan fingerprint density at radius 2 is 1.70 bits per heavy atom. The number of halogens is 6. The molecule has 2 rings (SSSR count). The number of alkyl halides is 6. The summed E-state index contributed by atoms with van der Waals surface area (Å²) in [5.41, 5.74) is -1.60. The summed E-state index contributed by atoms with van der Waals surface area (Å²) in [5, 5.41) is 2.35. The van der Waals surface area contributed by atoms with Crippen LogP contribution in [0.1, 0.15) is 5.56 Å². The molecule has 0 spiro atoms. The average Bonchev–Trinajstić information content (AvgIpc) is 2.53. The van der Waals surface area contributed by atoms with Crippen LogP contribution in [0, 0.1) is 0 Å². The lowest BCUT2D eigenvalue weighted by Gasteiger charge is -2.14. The van der Waals surface area contributed by atoms with E-state index in [2.05, 4.69) is 10.3 Å². The van der Waals surface area contributed by atoms with Crippen molar-refractivity contribution in [3.8, 4) is 0 Å². The van der Waals surface area contributed by atoms with Crippen LogP contribution in [0.2, 0.25) is 0 Å². The van der Waals surface area contributed by atoms with E-state index >= 15 is 0 Å². The molecule has 0 radical (unpaired) electrons. The van der Waals surface area contributed by atoms with Gasteiger partial charge in [0.15, 0.2) is 0 Å². The first-order chi connectivity index (χ1) is 12.3. The summed E-state index contributed by atoms with van der Waals surface area (Å²) >= 11 is 0. The second kappa shape index (κ2) is 7.06. The third kappa shape index (κ3) is 5.09. The average molecular weight is 413 g/mol. The molecule has 0 aliphatic carbocycles. The highest BCUT2D eigenvalue weighted by atomic mass is 32.2. The predicted molar refractivity (Wildman–Crippen MR) is 80.3 cm³/mol. The Kier molecular flexibility index (Phi) is 5.35. The second-order valence-corrected chi connectivity index (χ2v) is 6.66. The van der Waals surface area contributed by atoms with Gasteiger partial charge in [-0.1, -0.05) is 6.07 Å². The topological polar surface area (TPSA) is 88.2 Å². The lowest BCUT2D eigenvalue weighted by atomic mass is 10.2. The quantitative estimate of drug-likeness (QED) is 0.752. The number of benzene rings is 1. The zero-order valence-corrected chi connectivity index (χ0v) is 13.7. The number of hydrogen-bond donors (Lipinski definition) is 2. The highest BCUT2D eigenvalue weighted by molar-refractivity contribution is 7.90. The third-order valence-corrected chi connectivity index (χ3v) is 4.39. The summed E-state index contributed by atoms with van der Waals surface area (Å²) in [6, 6.07) is 4.68. The van der Waals surface area contributed by atoms with Crippen LogP contribution in [-0.4, -0.2) is 25.5 Å². The van der Waals surface area contributed by atoms with Gasteiger partial charge in [0.25, 0.3) is 10.0 Å². The van der Waals surface area contributed by atoms with Gasteiger partial charge in [0, 0.05) is 18.1 Å². The van der Waals surface area contributed by atoms with E-state index in [0.29, 0.717) is 12.3 Å². The molecule has 0 bridgehead atoms. The molecule has 27 heavy (non-hydrogen) atoms. The van der Waals surface area contributed by atoms with Crippen molar-refractivity contribution in [3.63, 3.8) is 0 Å². The molecule has 6 nitrogen and oxygen atoms in total. The SMILES string of the molecule is O=C(NS(=O)(=O)c1cnccc1Nc1cccc(C(F)(F)F)c1)C(F)(F)F. The van der Waals surface area contributed by atoms with E-state index in [9.17, 15) is 39.6 Å². The van der Waals surface area contributed by atoms with Gasteiger partial charge in [0.05, 0.1) is 11.3 Å². The van der Waals surface area contributed by atoms with Crippen molar-refractivity contribution >= 4 is 27.3 Å². The Morgan fingerprint density at radius 3 is 2.30 bits per heavy atom. The van der Waals surface area contributed by atoms with Crippen molar-refractivity contribution in [2.24, 2.45) is 0 Å². The molecule has 0 aliphatic heterocycles. The Labute approximate surface area is 148 Å². The fourth-order valence-electron chi connectivity index (χ4n) is 1.86.